The highest BCUT2D eigenvalue weighted by Gasteiger charge is 2.26. The normalized spacial score (nSPS) is 11.8. The fourth-order valence-corrected chi connectivity index (χ4v) is 3.50. The van der Waals surface area contributed by atoms with E-state index in [0.717, 1.165) is 16.8 Å². The zero-order valence-electron chi connectivity index (χ0n) is 15.4. The van der Waals surface area contributed by atoms with Crippen molar-refractivity contribution < 1.29 is 18.0 Å². The first-order valence-electron chi connectivity index (χ1n) is 8.81. The van der Waals surface area contributed by atoms with E-state index in [9.17, 15) is 18.0 Å². The van der Waals surface area contributed by atoms with E-state index in [1.807, 2.05) is 36.6 Å². The Hall–Kier alpha value is -2.35. The van der Waals surface area contributed by atoms with Crippen molar-refractivity contribution in [1.82, 2.24) is 9.38 Å². The Morgan fingerprint density at radius 1 is 1.29 bits per heavy atom. The van der Waals surface area contributed by atoms with Crippen molar-refractivity contribution in [1.29, 1.82) is 0 Å². The van der Waals surface area contributed by atoms with Crippen LogP contribution < -0.4 is 5.32 Å². The van der Waals surface area contributed by atoms with Gasteiger partial charge in [-0.05, 0) is 40.5 Å². The van der Waals surface area contributed by atoms with Gasteiger partial charge in [0.2, 0.25) is 0 Å². The van der Waals surface area contributed by atoms with Crippen molar-refractivity contribution in [3.63, 3.8) is 0 Å². The largest absolute Gasteiger partial charge is 0.390 e. The number of alkyl halides is 3. The smallest absolute Gasteiger partial charge is 0.382 e. The first kappa shape index (κ1) is 20.4. The van der Waals surface area contributed by atoms with Crippen LogP contribution in [0.3, 0.4) is 0 Å². The SMILES string of the molecule is CCC(=O)c1ccc(-c2cnc3c(NCCC(F)(F)F)cc(Br)cn23)cc1C. The van der Waals surface area contributed by atoms with Gasteiger partial charge in [0, 0.05) is 34.8 Å². The number of carbonyl (C=O) groups is 1. The highest BCUT2D eigenvalue weighted by molar-refractivity contribution is 9.10. The third-order valence-electron chi connectivity index (χ3n) is 4.44. The average molecular weight is 454 g/mol. The van der Waals surface area contributed by atoms with Crippen LogP contribution in [0.1, 0.15) is 35.7 Å². The summed E-state index contributed by atoms with van der Waals surface area (Å²) in [7, 11) is 0. The van der Waals surface area contributed by atoms with Gasteiger partial charge in [0.15, 0.2) is 11.4 Å². The summed E-state index contributed by atoms with van der Waals surface area (Å²) < 4.78 is 39.8. The Balaban J connectivity index is 1.98. The summed E-state index contributed by atoms with van der Waals surface area (Å²) in [6.45, 7) is 3.48. The molecule has 0 aliphatic heterocycles. The molecule has 0 unspecified atom stereocenters. The van der Waals surface area contributed by atoms with Crippen LogP contribution in [0.5, 0.6) is 0 Å². The molecule has 0 bridgehead atoms. The van der Waals surface area contributed by atoms with E-state index in [1.54, 1.807) is 18.3 Å². The number of ketones is 1. The molecule has 0 amide bonds. The molecule has 8 heteroatoms. The molecule has 1 aromatic carbocycles. The molecule has 2 aromatic heterocycles. The number of nitrogens with one attached hydrogen (secondary N) is 1. The van der Waals surface area contributed by atoms with Crippen LogP contribution in [0.15, 0.2) is 41.1 Å². The predicted octanol–water partition coefficient (Wildman–Crippen LogP) is 6.03. The number of Topliss-reactive ketones (excluding diaryl/α,β-unsaturated/α-hetero) is 1. The summed E-state index contributed by atoms with van der Waals surface area (Å²) in [5, 5.41) is 2.81. The number of aryl methyl sites for hydroxylation is 1. The molecule has 0 saturated carbocycles. The van der Waals surface area contributed by atoms with Crippen LogP contribution in [-0.2, 0) is 0 Å². The lowest BCUT2D eigenvalue weighted by atomic mass is 9.99. The van der Waals surface area contributed by atoms with Crippen molar-refractivity contribution in [3.05, 3.63) is 52.3 Å². The number of imidazole rings is 1. The summed E-state index contributed by atoms with van der Waals surface area (Å²) in [5.41, 5.74) is 4.27. The van der Waals surface area contributed by atoms with Crippen LogP contribution in [0.4, 0.5) is 18.9 Å². The van der Waals surface area contributed by atoms with E-state index in [0.29, 0.717) is 27.8 Å². The van der Waals surface area contributed by atoms with Crippen LogP contribution in [0.2, 0.25) is 0 Å². The number of hydrogen-bond donors (Lipinski definition) is 1. The van der Waals surface area contributed by atoms with Crippen molar-refractivity contribution in [2.24, 2.45) is 0 Å². The van der Waals surface area contributed by atoms with Gasteiger partial charge >= 0.3 is 6.18 Å². The fourth-order valence-electron chi connectivity index (χ4n) is 3.06. The minimum absolute atomic E-state index is 0.0843. The van der Waals surface area contributed by atoms with Crippen molar-refractivity contribution in [2.75, 3.05) is 11.9 Å². The maximum Gasteiger partial charge on any atom is 0.390 e. The van der Waals surface area contributed by atoms with Gasteiger partial charge in [-0.2, -0.15) is 13.2 Å². The van der Waals surface area contributed by atoms with Gasteiger partial charge in [0.25, 0.3) is 0 Å². The molecule has 148 valence electrons. The second-order valence-electron chi connectivity index (χ2n) is 6.51. The molecule has 28 heavy (non-hydrogen) atoms. The Labute approximate surface area is 168 Å². The van der Waals surface area contributed by atoms with E-state index < -0.39 is 12.6 Å². The van der Waals surface area contributed by atoms with Gasteiger partial charge in [-0.3, -0.25) is 9.20 Å². The Bertz CT molecular complexity index is 1030. The average Bonchev–Trinajstić information content (AvgIpc) is 3.03. The van der Waals surface area contributed by atoms with Crippen LogP contribution in [0.25, 0.3) is 16.9 Å². The third-order valence-corrected chi connectivity index (χ3v) is 4.87. The quantitative estimate of drug-likeness (QED) is 0.463. The van der Waals surface area contributed by atoms with Crippen LogP contribution in [0, 0.1) is 6.92 Å². The minimum Gasteiger partial charge on any atom is -0.382 e. The van der Waals surface area contributed by atoms with Crippen molar-refractivity contribution >= 4 is 33.0 Å². The molecule has 0 fully saturated rings. The first-order chi connectivity index (χ1) is 13.2. The minimum atomic E-state index is -4.22. The molecule has 2 heterocycles. The number of nitrogens with zero attached hydrogens (tertiary/aromatic N) is 2. The second-order valence-corrected chi connectivity index (χ2v) is 7.42. The van der Waals surface area contributed by atoms with Gasteiger partial charge in [0.1, 0.15) is 0 Å². The lowest BCUT2D eigenvalue weighted by Gasteiger charge is -2.12. The summed E-state index contributed by atoms with van der Waals surface area (Å²) in [5.74, 6) is 0.0843. The second kappa shape index (κ2) is 7.95. The standard InChI is InChI=1S/C20H19BrF3N3O/c1-3-18(28)15-5-4-13(8-12(15)2)17-10-26-19-16(9-14(21)11-27(17)19)25-7-6-20(22,23)24/h4-5,8-11,25H,3,6-7H2,1-2H3. The van der Waals surface area contributed by atoms with Gasteiger partial charge in [-0.15, -0.1) is 0 Å². The Morgan fingerprint density at radius 3 is 2.68 bits per heavy atom. The molecule has 4 nitrogen and oxygen atoms in total. The molecular weight excluding hydrogens is 435 g/mol. The number of halogens is 4. The molecule has 0 aliphatic carbocycles. The molecular formula is C20H19BrF3N3O. The third kappa shape index (κ3) is 4.38. The predicted molar refractivity (Wildman–Crippen MR) is 107 cm³/mol. The van der Waals surface area contributed by atoms with E-state index in [4.69, 9.17) is 0 Å². The number of pyridine rings is 1. The monoisotopic (exact) mass is 453 g/mol. The Morgan fingerprint density at radius 2 is 2.04 bits per heavy atom. The maximum absolute atomic E-state index is 12.4. The van der Waals surface area contributed by atoms with Gasteiger partial charge in [-0.1, -0.05) is 19.1 Å². The summed E-state index contributed by atoms with van der Waals surface area (Å²) in [6.07, 6.45) is -1.22. The molecule has 0 spiro atoms. The molecule has 1 N–H and O–H groups in total. The fraction of sp³-hybridized carbons (Fsp3) is 0.300. The van der Waals surface area contributed by atoms with Crippen LogP contribution >= 0.6 is 15.9 Å². The summed E-state index contributed by atoms with van der Waals surface area (Å²) in [6, 6.07) is 7.29. The van der Waals surface area contributed by atoms with Gasteiger partial charge in [0.05, 0.1) is 24.0 Å². The maximum atomic E-state index is 12.4. The van der Waals surface area contributed by atoms with Crippen LogP contribution in [-0.4, -0.2) is 27.9 Å². The first-order valence-corrected chi connectivity index (χ1v) is 9.60. The lowest BCUT2D eigenvalue weighted by Crippen LogP contribution is -2.15. The topological polar surface area (TPSA) is 46.4 Å². The molecule has 0 aliphatic rings. The lowest BCUT2D eigenvalue weighted by molar-refractivity contribution is -0.131. The zero-order chi connectivity index (χ0) is 20.5. The van der Waals surface area contributed by atoms with E-state index in [-0.39, 0.29) is 12.3 Å². The molecule has 0 saturated heterocycles. The van der Waals surface area contributed by atoms with E-state index in [2.05, 4.69) is 26.2 Å². The number of aromatic nitrogens is 2. The van der Waals surface area contributed by atoms with E-state index in [1.165, 1.54) is 0 Å². The number of hydrogen-bond acceptors (Lipinski definition) is 3. The number of anilines is 1. The highest BCUT2D eigenvalue weighted by atomic mass is 79.9. The number of benzene rings is 1. The summed E-state index contributed by atoms with van der Waals surface area (Å²) >= 11 is 3.41. The number of fused-ring (bicyclic) bond motifs is 1. The molecule has 0 atom stereocenters. The number of carbonyl (C=O) groups excluding carboxylic acids is 1. The zero-order valence-corrected chi connectivity index (χ0v) is 17.0. The Kier molecular flexibility index (Phi) is 5.79. The summed E-state index contributed by atoms with van der Waals surface area (Å²) in [4.78, 5) is 16.4. The van der Waals surface area contributed by atoms with Gasteiger partial charge < -0.3 is 5.32 Å². The molecule has 3 rings (SSSR count). The number of rotatable bonds is 6. The van der Waals surface area contributed by atoms with Crippen molar-refractivity contribution in [3.8, 4) is 11.3 Å². The van der Waals surface area contributed by atoms with Crippen molar-refractivity contribution in [2.45, 2.75) is 32.9 Å². The molecule has 0 radical (unpaired) electrons. The molecule has 3 aromatic rings. The highest BCUT2D eigenvalue weighted by Crippen LogP contribution is 2.29. The van der Waals surface area contributed by atoms with Gasteiger partial charge in [-0.25, -0.2) is 4.98 Å². The van der Waals surface area contributed by atoms with E-state index >= 15 is 0 Å².